The first-order valence-electron chi connectivity index (χ1n) is 5.75. The molecule has 0 amide bonds. The largest absolute Gasteiger partial charge is 0.488 e. The molecule has 1 rings (SSSR count). The molecule has 0 heterocycles. The first kappa shape index (κ1) is 14.1. The molecule has 0 unspecified atom stereocenters. The molecule has 0 fully saturated rings. The Morgan fingerprint density at radius 1 is 1.22 bits per heavy atom. The van der Waals surface area contributed by atoms with Crippen LogP contribution in [0.25, 0.3) is 0 Å². The first-order chi connectivity index (χ1) is 8.40. The maximum atomic E-state index is 10.9. The van der Waals surface area contributed by atoms with Crippen molar-refractivity contribution in [2.75, 3.05) is 7.11 Å². The minimum Gasteiger partial charge on any atom is -0.488 e. The van der Waals surface area contributed by atoms with Crippen LogP contribution in [0, 0.1) is 11.8 Å². The Morgan fingerprint density at radius 2 is 1.83 bits per heavy atom. The van der Waals surface area contributed by atoms with Crippen LogP contribution in [0.1, 0.15) is 32.8 Å². The van der Waals surface area contributed by atoms with Crippen molar-refractivity contribution in [3.8, 4) is 17.6 Å². The third-order valence-corrected chi connectivity index (χ3v) is 1.97. The van der Waals surface area contributed by atoms with Gasteiger partial charge in [-0.2, -0.15) is 0 Å². The zero-order chi connectivity index (χ0) is 13.6. The molecule has 18 heavy (non-hydrogen) atoms. The highest BCUT2D eigenvalue weighted by atomic mass is 16.5. The fourth-order valence-corrected chi connectivity index (χ4v) is 1.25. The van der Waals surface area contributed by atoms with Gasteiger partial charge in [0.1, 0.15) is 17.8 Å². The van der Waals surface area contributed by atoms with Crippen LogP contribution in [0.3, 0.4) is 0 Å². The number of ether oxygens (including phenoxy) is 2. The van der Waals surface area contributed by atoms with E-state index in [2.05, 4.69) is 16.6 Å². The predicted molar refractivity (Wildman–Crippen MR) is 70.3 cm³/mol. The van der Waals surface area contributed by atoms with E-state index in [1.165, 1.54) is 7.11 Å². The number of benzene rings is 1. The molecular formula is C15H18O3. The van der Waals surface area contributed by atoms with Gasteiger partial charge in [0.25, 0.3) is 0 Å². The average Bonchev–Trinajstić information content (AvgIpc) is 2.29. The minimum absolute atomic E-state index is 0.108. The first-order valence-corrected chi connectivity index (χ1v) is 5.75. The number of carbonyl (C=O) groups is 1. The van der Waals surface area contributed by atoms with Crippen molar-refractivity contribution in [1.82, 2.24) is 0 Å². The summed E-state index contributed by atoms with van der Waals surface area (Å²) in [7, 11) is 1.35. The smallest absolute Gasteiger partial charge is 0.317 e. The van der Waals surface area contributed by atoms with Crippen molar-refractivity contribution in [2.45, 2.75) is 32.8 Å². The molecule has 0 radical (unpaired) electrons. The van der Waals surface area contributed by atoms with Crippen molar-refractivity contribution in [2.24, 2.45) is 0 Å². The molecule has 0 aliphatic rings. The second-order valence-corrected chi connectivity index (χ2v) is 4.79. The van der Waals surface area contributed by atoms with E-state index in [0.717, 1.165) is 11.3 Å². The summed E-state index contributed by atoms with van der Waals surface area (Å²) < 4.78 is 10.2. The normalized spacial score (nSPS) is 10.2. The van der Waals surface area contributed by atoms with Gasteiger partial charge in [-0.15, -0.1) is 0 Å². The second kappa shape index (κ2) is 6.11. The molecule has 0 aliphatic carbocycles. The van der Waals surface area contributed by atoms with Crippen molar-refractivity contribution in [1.29, 1.82) is 0 Å². The van der Waals surface area contributed by atoms with E-state index >= 15 is 0 Å². The molecule has 0 saturated heterocycles. The van der Waals surface area contributed by atoms with Crippen LogP contribution in [-0.2, 0) is 9.53 Å². The van der Waals surface area contributed by atoms with Crippen molar-refractivity contribution >= 4 is 5.97 Å². The maximum absolute atomic E-state index is 10.9. The highest BCUT2D eigenvalue weighted by molar-refractivity contribution is 5.72. The molecule has 96 valence electrons. The SMILES string of the molecule is COC(=O)CC#Cc1ccc(OC(C)(C)C)cc1. The summed E-state index contributed by atoms with van der Waals surface area (Å²) >= 11 is 0. The second-order valence-electron chi connectivity index (χ2n) is 4.79. The summed E-state index contributed by atoms with van der Waals surface area (Å²) in [6.45, 7) is 5.99. The van der Waals surface area contributed by atoms with E-state index in [4.69, 9.17) is 4.74 Å². The lowest BCUT2D eigenvalue weighted by Crippen LogP contribution is -2.22. The van der Waals surface area contributed by atoms with Gasteiger partial charge in [0, 0.05) is 5.56 Å². The number of hydrogen-bond acceptors (Lipinski definition) is 3. The monoisotopic (exact) mass is 246 g/mol. The zero-order valence-corrected chi connectivity index (χ0v) is 11.2. The lowest BCUT2D eigenvalue weighted by Gasteiger charge is -2.21. The van der Waals surface area contributed by atoms with Gasteiger partial charge in [0.05, 0.1) is 7.11 Å². The molecule has 0 aliphatic heterocycles. The Morgan fingerprint density at radius 3 is 2.33 bits per heavy atom. The van der Waals surface area contributed by atoms with Crippen molar-refractivity contribution in [3.63, 3.8) is 0 Å². The molecule has 1 aromatic carbocycles. The molecule has 1 aromatic rings. The van der Waals surface area contributed by atoms with Crippen LogP contribution >= 0.6 is 0 Å². The Labute approximate surface area is 108 Å². The standard InChI is InChI=1S/C15H18O3/c1-15(2,3)18-13-10-8-12(9-11-13)6-5-7-14(16)17-4/h8-11H,7H2,1-4H3. The minimum atomic E-state index is -0.324. The highest BCUT2D eigenvalue weighted by Crippen LogP contribution is 2.18. The predicted octanol–water partition coefficient (Wildman–Crippen LogP) is 2.78. The van der Waals surface area contributed by atoms with E-state index in [9.17, 15) is 4.79 Å². The lowest BCUT2D eigenvalue weighted by atomic mass is 10.1. The van der Waals surface area contributed by atoms with Crippen molar-refractivity contribution < 1.29 is 14.3 Å². The summed E-state index contributed by atoms with van der Waals surface area (Å²) in [5.41, 5.74) is 0.637. The quantitative estimate of drug-likeness (QED) is 0.594. The van der Waals surface area contributed by atoms with E-state index < -0.39 is 0 Å². The van der Waals surface area contributed by atoms with Gasteiger partial charge in [-0.1, -0.05) is 11.8 Å². The van der Waals surface area contributed by atoms with Gasteiger partial charge in [-0.3, -0.25) is 4.79 Å². The van der Waals surface area contributed by atoms with Crippen LogP contribution in [0.2, 0.25) is 0 Å². The third-order valence-electron chi connectivity index (χ3n) is 1.97. The van der Waals surface area contributed by atoms with Crippen molar-refractivity contribution in [3.05, 3.63) is 29.8 Å². The molecular weight excluding hydrogens is 228 g/mol. The third kappa shape index (κ3) is 5.40. The molecule has 0 bridgehead atoms. The number of methoxy groups -OCH3 is 1. The van der Waals surface area contributed by atoms with E-state index in [-0.39, 0.29) is 18.0 Å². The van der Waals surface area contributed by atoms with Crippen LogP contribution in [0.4, 0.5) is 0 Å². The summed E-state index contributed by atoms with van der Waals surface area (Å²) in [6.07, 6.45) is 0.108. The number of carbonyl (C=O) groups excluding carboxylic acids is 1. The molecule has 0 spiro atoms. The Hall–Kier alpha value is -1.95. The zero-order valence-electron chi connectivity index (χ0n) is 11.2. The van der Waals surface area contributed by atoms with Gasteiger partial charge in [0.2, 0.25) is 0 Å². The topological polar surface area (TPSA) is 35.5 Å². The van der Waals surface area contributed by atoms with Gasteiger partial charge in [-0.25, -0.2) is 0 Å². The molecule has 3 heteroatoms. The van der Waals surface area contributed by atoms with E-state index in [1.54, 1.807) is 0 Å². The Balaban J connectivity index is 2.63. The van der Waals surface area contributed by atoms with Gasteiger partial charge in [-0.05, 0) is 45.0 Å². The fourth-order valence-electron chi connectivity index (χ4n) is 1.25. The van der Waals surface area contributed by atoms with E-state index in [0.29, 0.717) is 0 Å². The Bertz CT molecular complexity index is 455. The van der Waals surface area contributed by atoms with Crippen LogP contribution in [0.5, 0.6) is 5.75 Å². The summed E-state index contributed by atoms with van der Waals surface area (Å²) in [6, 6.07) is 7.47. The summed E-state index contributed by atoms with van der Waals surface area (Å²) in [4.78, 5) is 10.9. The molecule has 0 aromatic heterocycles. The molecule has 0 saturated carbocycles. The van der Waals surface area contributed by atoms with Gasteiger partial charge in [0.15, 0.2) is 0 Å². The van der Waals surface area contributed by atoms with Crippen LogP contribution < -0.4 is 4.74 Å². The molecule has 0 atom stereocenters. The summed E-state index contributed by atoms with van der Waals surface area (Å²) in [5, 5.41) is 0. The highest BCUT2D eigenvalue weighted by Gasteiger charge is 2.10. The summed E-state index contributed by atoms with van der Waals surface area (Å²) in [5.74, 6) is 6.13. The number of esters is 1. The Kier molecular flexibility index (Phi) is 4.79. The number of rotatable bonds is 2. The average molecular weight is 246 g/mol. The van der Waals surface area contributed by atoms with Crippen LogP contribution in [0.15, 0.2) is 24.3 Å². The maximum Gasteiger partial charge on any atom is 0.317 e. The van der Waals surface area contributed by atoms with Gasteiger partial charge >= 0.3 is 5.97 Å². The fraction of sp³-hybridized carbons (Fsp3) is 0.400. The number of hydrogen-bond donors (Lipinski definition) is 0. The molecule has 0 N–H and O–H groups in total. The lowest BCUT2D eigenvalue weighted by molar-refractivity contribution is -0.139. The van der Waals surface area contributed by atoms with Gasteiger partial charge < -0.3 is 9.47 Å². The van der Waals surface area contributed by atoms with Crippen LogP contribution in [-0.4, -0.2) is 18.7 Å². The molecule has 3 nitrogen and oxygen atoms in total. The van der Waals surface area contributed by atoms with E-state index in [1.807, 2.05) is 45.0 Å².